The summed E-state index contributed by atoms with van der Waals surface area (Å²) in [5.74, 6) is 1.35. The van der Waals surface area contributed by atoms with Gasteiger partial charge >= 0.3 is 0 Å². The van der Waals surface area contributed by atoms with Crippen LogP contribution in [0.5, 0.6) is 11.5 Å². The van der Waals surface area contributed by atoms with Gasteiger partial charge in [-0.15, -0.1) is 0 Å². The largest absolute Gasteiger partial charge is 0.493 e. The predicted molar refractivity (Wildman–Crippen MR) is 118 cm³/mol. The van der Waals surface area contributed by atoms with E-state index in [0.717, 1.165) is 32.4 Å². The number of methoxy groups -OCH3 is 2. The van der Waals surface area contributed by atoms with E-state index in [0.29, 0.717) is 17.9 Å². The maximum Gasteiger partial charge on any atom is 0.232 e. The molecule has 0 saturated carbocycles. The number of aryl methyl sites for hydroxylation is 1. The monoisotopic (exact) mass is 451 g/mol. The molecule has 29 heavy (non-hydrogen) atoms. The SMILES string of the molecule is COc1cc2c(cc1OC)[C@@H](c1cccc(Br)c1)N(c1ccc(C)cc1)C(=O)C2. The zero-order valence-corrected chi connectivity index (χ0v) is 18.2. The first kappa shape index (κ1) is 19.5. The summed E-state index contributed by atoms with van der Waals surface area (Å²) in [5.41, 5.74) is 5.07. The fraction of sp³-hybridized carbons (Fsp3) is 0.208. The average molecular weight is 452 g/mol. The summed E-state index contributed by atoms with van der Waals surface area (Å²) in [6.07, 6.45) is 0.314. The number of benzene rings is 3. The first-order valence-electron chi connectivity index (χ1n) is 9.41. The highest BCUT2D eigenvalue weighted by molar-refractivity contribution is 9.10. The van der Waals surface area contributed by atoms with Crippen LogP contribution < -0.4 is 14.4 Å². The summed E-state index contributed by atoms with van der Waals surface area (Å²) in [7, 11) is 3.24. The molecule has 0 bridgehead atoms. The molecule has 4 nitrogen and oxygen atoms in total. The second kappa shape index (κ2) is 7.91. The van der Waals surface area contributed by atoms with E-state index in [1.807, 2.05) is 60.4 Å². The molecule has 1 amide bonds. The van der Waals surface area contributed by atoms with Gasteiger partial charge in [0.1, 0.15) is 0 Å². The third-order valence-electron chi connectivity index (χ3n) is 5.29. The summed E-state index contributed by atoms with van der Waals surface area (Å²) in [5, 5.41) is 0. The highest BCUT2D eigenvalue weighted by Gasteiger charge is 2.36. The van der Waals surface area contributed by atoms with Gasteiger partial charge in [0.2, 0.25) is 5.91 Å². The molecule has 1 heterocycles. The molecule has 0 spiro atoms. The first-order valence-corrected chi connectivity index (χ1v) is 10.2. The Morgan fingerprint density at radius 3 is 2.31 bits per heavy atom. The minimum absolute atomic E-state index is 0.0542. The van der Waals surface area contributed by atoms with Crippen LogP contribution in [-0.4, -0.2) is 20.1 Å². The van der Waals surface area contributed by atoms with Crippen LogP contribution in [0, 0.1) is 6.92 Å². The van der Waals surface area contributed by atoms with Crippen LogP contribution in [0.25, 0.3) is 0 Å². The van der Waals surface area contributed by atoms with Gasteiger partial charge in [-0.1, -0.05) is 45.8 Å². The fourth-order valence-electron chi connectivity index (χ4n) is 3.88. The van der Waals surface area contributed by atoms with Crippen LogP contribution >= 0.6 is 15.9 Å². The molecular formula is C24H22BrNO3. The quantitative estimate of drug-likeness (QED) is 0.528. The normalized spacial score (nSPS) is 15.8. The molecule has 4 rings (SSSR count). The van der Waals surface area contributed by atoms with Crippen LogP contribution in [0.4, 0.5) is 5.69 Å². The lowest BCUT2D eigenvalue weighted by Gasteiger charge is -2.38. The van der Waals surface area contributed by atoms with E-state index in [2.05, 4.69) is 28.1 Å². The smallest absolute Gasteiger partial charge is 0.232 e. The lowest BCUT2D eigenvalue weighted by atomic mass is 9.86. The van der Waals surface area contributed by atoms with E-state index in [9.17, 15) is 4.79 Å². The van der Waals surface area contributed by atoms with Gasteiger partial charge in [0.05, 0.1) is 26.7 Å². The van der Waals surface area contributed by atoms with Crippen molar-refractivity contribution < 1.29 is 14.3 Å². The molecule has 0 fully saturated rings. The minimum atomic E-state index is -0.258. The van der Waals surface area contributed by atoms with Crippen molar-refractivity contribution >= 4 is 27.5 Å². The van der Waals surface area contributed by atoms with Crippen molar-refractivity contribution in [2.45, 2.75) is 19.4 Å². The highest BCUT2D eigenvalue weighted by atomic mass is 79.9. The van der Waals surface area contributed by atoms with Crippen molar-refractivity contribution in [3.63, 3.8) is 0 Å². The second-order valence-corrected chi connectivity index (χ2v) is 8.06. The molecule has 0 aromatic heterocycles. The van der Waals surface area contributed by atoms with Crippen molar-refractivity contribution in [1.82, 2.24) is 0 Å². The number of anilines is 1. The van der Waals surface area contributed by atoms with Gasteiger partial charge in [-0.05, 0) is 60.0 Å². The van der Waals surface area contributed by atoms with Crippen molar-refractivity contribution in [3.8, 4) is 11.5 Å². The first-order chi connectivity index (χ1) is 14.0. The molecule has 0 unspecified atom stereocenters. The molecule has 148 valence electrons. The van der Waals surface area contributed by atoms with Gasteiger partial charge < -0.3 is 14.4 Å². The number of carbonyl (C=O) groups is 1. The number of hydrogen-bond acceptors (Lipinski definition) is 3. The van der Waals surface area contributed by atoms with E-state index in [1.165, 1.54) is 0 Å². The molecule has 0 radical (unpaired) electrons. The number of rotatable bonds is 4. The third-order valence-corrected chi connectivity index (χ3v) is 5.78. The van der Waals surface area contributed by atoms with E-state index in [-0.39, 0.29) is 11.9 Å². The Morgan fingerprint density at radius 1 is 0.966 bits per heavy atom. The molecule has 3 aromatic rings. The number of halogens is 1. The van der Waals surface area contributed by atoms with Gasteiger partial charge in [-0.2, -0.15) is 0 Å². The van der Waals surface area contributed by atoms with Crippen LogP contribution in [0.15, 0.2) is 65.1 Å². The Bertz CT molecular complexity index is 1060. The third kappa shape index (κ3) is 3.62. The van der Waals surface area contributed by atoms with Crippen molar-refractivity contribution in [2.24, 2.45) is 0 Å². The highest BCUT2D eigenvalue weighted by Crippen LogP contribution is 2.43. The summed E-state index contributed by atoms with van der Waals surface area (Å²) in [6.45, 7) is 2.04. The standard InChI is InChI=1S/C24H22BrNO3/c1-15-7-9-19(10-8-15)26-23(27)13-17-12-21(28-2)22(29-3)14-20(17)24(26)16-5-4-6-18(25)11-16/h4-12,14,24H,13H2,1-3H3/t24-/m1/s1. The molecule has 0 N–H and O–H groups in total. The van der Waals surface area contributed by atoms with E-state index >= 15 is 0 Å². The average Bonchev–Trinajstić information content (AvgIpc) is 2.72. The lowest BCUT2D eigenvalue weighted by Crippen LogP contribution is -2.41. The van der Waals surface area contributed by atoms with Crippen molar-refractivity contribution in [1.29, 1.82) is 0 Å². The number of carbonyl (C=O) groups excluding carboxylic acids is 1. The Labute approximate surface area is 179 Å². The van der Waals surface area contributed by atoms with Crippen molar-refractivity contribution in [2.75, 3.05) is 19.1 Å². The summed E-state index contributed by atoms with van der Waals surface area (Å²) in [6, 6.07) is 19.8. The molecule has 3 aromatic carbocycles. The summed E-state index contributed by atoms with van der Waals surface area (Å²) >= 11 is 3.57. The maximum absolute atomic E-state index is 13.3. The van der Waals surface area contributed by atoms with Gasteiger partial charge in [-0.3, -0.25) is 4.79 Å². The van der Waals surface area contributed by atoms with E-state index < -0.39 is 0 Å². The zero-order chi connectivity index (χ0) is 20.5. The van der Waals surface area contributed by atoms with E-state index in [4.69, 9.17) is 9.47 Å². The molecule has 1 aliphatic heterocycles. The second-order valence-electron chi connectivity index (χ2n) is 7.14. The van der Waals surface area contributed by atoms with Gasteiger partial charge in [0, 0.05) is 10.2 Å². The zero-order valence-electron chi connectivity index (χ0n) is 16.6. The van der Waals surface area contributed by atoms with Crippen molar-refractivity contribution in [3.05, 3.63) is 87.4 Å². The summed E-state index contributed by atoms with van der Waals surface area (Å²) in [4.78, 5) is 15.2. The number of ether oxygens (including phenoxy) is 2. The Kier molecular flexibility index (Phi) is 5.33. The maximum atomic E-state index is 13.3. The van der Waals surface area contributed by atoms with Crippen LogP contribution in [0.1, 0.15) is 28.3 Å². The number of nitrogens with zero attached hydrogens (tertiary/aromatic N) is 1. The molecule has 1 aliphatic rings. The van der Waals surface area contributed by atoms with Gasteiger partial charge in [0.15, 0.2) is 11.5 Å². The topological polar surface area (TPSA) is 38.8 Å². The Balaban J connectivity index is 1.95. The Morgan fingerprint density at radius 2 is 1.66 bits per heavy atom. The molecular weight excluding hydrogens is 430 g/mol. The molecule has 0 saturated heterocycles. The molecule has 5 heteroatoms. The predicted octanol–water partition coefficient (Wildman–Crippen LogP) is 5.45. The Hall–Kier alpha value is -2.79. The molecule has 1 atom stereocenters. The summed E-state index contributed by atoms with van der Waals surface area (Å²) < 4.78 is 12.0. The fourth-order valence-corrected chi connectivity index (χ4v) is 4.30. The van der Waals surface area contributed by atoms with Crippen LogP contribution in [-0.2, 0) is 11.2 Å². The lowest BCUT2D eigenvalue weighted by molar-refractivity contribution is -0.118. The minimum Gasteiger partial charge on any atom is -0.493 e. The number of amides is 1. The van der Waals surface area contributed by atoms with E-state index in [1.54, 1.807) is 14.2 Å². The molecule has 0 aliphatic carbocycles. The number of hydrogen-bond donors (Lipinski definition) is 0. The van der Waals surface area contributed by atoms with Gasteiger partial charge in [-0.25, -0.2) is 0 Å². The van der Waals surface area contributed by atoms with Crippen LogP contribution in [0.3, 0.4) is 0 Å². The van der Waals surface area contributed by atoms with Gasteiger partial charge in [0.25, 0.3) is 0 Å². The number of fused-ring (bicyclic) bond motifs is 1. The van der Waals surface area contributed by atoms with Crippen LogP contribution in [0.2, 0.25) is 0 Å².